The maximum atomic E-state index is 5.79. The Morgan fingerprint density at radius 3 is 2.50 bits per heavy atom. The first-order valence-electron chi connectivity index (χ1n) is 4.91. The van der Waals surface area contributed by atoms with Gasteiger partial charge in [0.25, 0.3) is 0 Å². The van der Waals surface area contributed by atoms with E-state index in [1.54, 1.807) is 0 Å². The average Bonchev–Trinajstić information content (AvgIpc) is 2.31. The lowest BCUT2D eigenvalue weighted by Gasteiger charge is -2.45. The molecule has 1 atom stereocenters. The van der Waals surface area contributed by atoms with Crippen LogP contribution in [0.25, 0.3) is 0 Å². The van der Waals surface area contributed by atoms with Crippen molar-refractivity contribution in [3.8, 4) is 0 Å². The lowest BCUT2D eigenvalue weighted by atomic mass is 9.77. The van der Waals surface area contributed by atoms with Crippen molar-refractivity contribution in [1.29, 1.82) is 0 Å². The van der Waals surface area contributed by atoms with Crippen molar-refractivity contribution in [1.82, 2.24) is 4.90 Å². The van der Waals surface area contributed by atoms with Crippen molar-refractivity contribution < 1.29 is 4.74 Å². The lowest BCUT2D eigenvalue weighted by molar-refractivity contribution is 0.00627. The molecule has 2 heteroatoms. The van der Waals surface area contributed by atoms with Crippen molar-refractivity contribution in [2.45, 2.75) is 26.4 Å². The molecule has 0 N–H and O–H groups in total. The summed E-state index contributed by atoms with van der Waals surface area (Å²) in [7, 11) is 2.19. The molecule has 0 amide bonds. The molecular formula is C10H19NO. The van der Waals surface area contributed by atoms with Crippen LogP contribution < -0.4 is 0 Å². The van der Waals surface area contributed by atoms with E-state index in [1.165, 1.54) is 19.5 Å². The second-order valence-corrected chi connectivity index (χ2v) is 4.97. The van der Waals surface area contributed by atoms with Gasteiger partial charge in [-0.25, -0.2) is 0 Å². The van der Waals surface area contributed by atoms with Gasteiger partial charge in [0.15, 0.2) is 0 Å². The van der Waals surface area contributed by atoms with E-state index in [1.807, 2.05) is 0 Å². The third-order valence-electron chi connectivity index (χ3n) is 3.19. The molecule has 2 aliphatic heterocycles. The van der Waals surface area contributed by atoms with E-state index in [-0.39, 0.29) is 0 Å². The summed E-state index contributed by atoms with van der Waals surface area (Å²) >= 11 is 0. The molecule has 0 radical (unpaired) electrons. The third kappa shape index (κ3) is 1.27. The van der Waals surface area contributed by atoms with E-state index in [2.05, 4.69) is 25.8 Å². The summed E-state index contributed by atoms with van der Waals surface area (Å²) in [4.78, 5) is 2.38. The summed E-state index contributed by atoms with van der Waals surface area (Å²) in [5, 5.41) is 0. The van der Waals surface area contributed by atoms with Crippen LogP contribution in [0.1, 0.15) is 20.3 Å². The maximum absolute atomic E-state index is 5.79. The smallest absolute Gasteiger partial charge is 0.0605 e. The Labute approximate surface area is 74.9 Å². The molecule has 0 bridgehead atoms. The van der Waals surface area contributed by atoms with Crippen LogP contribution in [0, 0.1) is 11.3 Å². The minimum atomic E-state index is 0.527. The van der Waals surface area contributed by atoms with E-state index in [0.29, 0.717) is 17.4 Å². The van der Waals surface area contributed by atoms with Gasteiger partial charge < -0.3 is 9.64 Å². The van der Waals surface area contributed by atoms with Crippen molar-refractivity contribution >= 4 is 0 Å². The molecule has 1 spiro atoms. The molecule has 2 nitrogen and oxygen atoms in total. The monoisotopic (exact) mass is 169 g/mol. The zero-order valence-electron chi connectivity index (χ0n) is 8.34. The van der Waals surface area contributed by atoms with Crippen molar-refractivity contribution in [2.75, 3.05) is 26.7 Å². The number of ether oxygens (including phenoxy) is 1. The van der Waals surface area contributed by atoms with E-state index < -0.39 is 0 Å². The Kier molecular flexibility index (Phi) is 1.92. The first-order chi connectivity index (χ1) is 5.61. The van der Waals surface area contributed by atoms with Gasteiger partial charge in [-0.1, -0.05) is 13.8 Å². The Balaban J connectivity index is 1.90. The lowest BCUT2D eigenvalue weighted by Crippen LogP contribution is -2.54. The molecule has 0 aromatic carbocycles. The molecule has 70 valence electrons. The summed E-state index contributed by atoms with van der Waals surface area (Å²) in [6.07, 6.45) is 1.81. The Hall–Kier alpha value is -0.0800. The molecule has 2 heterocycles. The van der Waals surface area contributed by atoms with Gasteiger partial charge in [0.05, 0.1) is 12.7 Å². The first-order valence-corrected chi connectivity index (χ1v) is 4.91. The van der Waals surface area contributed by atoms with Crippen LogP contribution in [-0.4, -0.2) is 37.7 Å². The molecule has 0 aromatic rings. The molecular weight excluding hydrogens is 150 g/mol. The van der Waals surface area contributed by atoms with Gasteiger partial charge in [0, 0.05) is 18.5 Å². The fourth-order valence-electron chi connectivity index (χ4n) is 2.58. The van der Waals surface area contributed by atoms with Gasteiger partial charge in [-0.2, -0.15) is 0 Å². The molecule has 2 aliphatic rings. The fraction of sp³-hybridized carbons (Fsp3) is 1.00. The highest BCUT2D eigenvalue weighted by Crippen LogP contribution is 2.41. The van der Waals surface area contributed by atoms with Gasteiger partial charge in [0.2, 0.25) is 0 Å². The van der Waals surface area contributed by atoms with Crippen molar-refractivity contribution in [3.63, 3.8) is 0 Å². The molecule has 0 aromatic heterocycles. The molecule has 2 saturated heterocycles. The molecule has 0 aliphatic carbocycles. The third-order valence-corrected chi connectivity index (χ3v) is 3.19. The van der Waals surface area contributed by atoms with Crippen LogP contribution in [0.3, 0.4) is 0 Å². The van der Waals surface area contributed by atoms with Crippen LogP contribution in [0.15, 0.2) is 0 Å². The minimum Gasteiger partial charge on any atom is -0.377 e. The molecule has 12 heavy (non-hydrogen) atoms. The Morgan fingerprint density at radius 2 is 2.08 bits per heavy atom. The van der Waals surface area contributed by atoms with Gasteiger partial charge in [0.1, 0.15) is 0 Å². The quantitative estimate of drug-likeness (QED) is 0.587. The summed E-state index contributed by atoms with van der Waals surface area (Å²) < 4.78 is 5.79. The zero-order chi connectivity index (χ0) is 8.77. The van der Waals surface area contributed by atoms with Crippen LogP contribution in [0.4, 0.5) is 0 Å². The average molecular weight is 169 g/mol. The maximum Gasteiger partial charge on any atom is 0.0605 e. The van der Waals surface area contributed by atoms with Crippen molar-refractivity contribution in [3.05, 3.63) is 0 Å². The summed E-state index contributed by atoms with van der Waals surface area (Å²) in [5.74, 6) is 0.690. The molecule has 2 fully saturated rings. The van der Waals surface area contributed by atoms with Crippen LogP contribution in [0.2, 0.25) is 0 Å². The number of rotatable bonds is 1. The highest BCUT2D eigenvalue weighted by molar-refractivity contribution is 4.99. The number of nitrogens with zero attached hydrogens (tertiary/aromatic N) is 1. The number of likely N-dealkylation sites (tertiary alicyclic amines) is 1. The fourth-order valence-corrected chi connectivity index (χ4v) is 2.58. The summed E-state index contributed by atoms with van der Waals surface area (Å²) in [6, 6.07) is 0. The SMILES string of the molecule is CC(C)C1CC2(CO1)CN(C)C2. The van der Waals surface area contributed by atoms with E-state index in [0.717, 1.165) is 6.61 Å². The summed E-state index contributed by atoms with van der Waals surface area (Å²) in [6.45, 7) is 8.00. The highest BCUT2D eigenvalue weighted by atomic mass is 16.5. The second-order valence-electron chi connectivity index (χ2n) is 4.97. The van der Waals surface area contributed by atoms with Crippen molar-refractivity contribution in [2.24, 2.45) is 11.3 Å². The topological polar surface area (TPSA) is 12.5 Å². The van der Waals surface area contributed by atoms with Crippen LogP contribution in [-0.2, 0) is 4.74 Å². The first kappa shape index (κ1) is 8.52. The predicted octanol–water partition coefficient (Wildman–Crippen LogP) is 1.36. The summed E-state index contributed by atoms with van der Waals surface area (Å²) in [5.41, 5.74) is 0.545. The Bertz CT molecular complexity index is 173. The largest absolute Gasteiger partial charge is 0.377 e. The van der Waals surface area contributed by atoms with Crippen LogP contribution in [0.5, 0.6) is 0 Å². The number of hydrogen-bond acceptors (Lipinski definition) is 2. The van der Waals surface area contributed by atoms with Gasteiger partial charge in [-0.15, -0.1) is 0 Å². The van der Waals surface area contributed by atoms with Gasteiger partial charge >= 0.3 is 0 Å². The highest BCUT2D eigenvalue weighted by Gasteiger charge is 2.48. The zero-order valence-corrected chi connectivity index (χ0v) is 8.34. The standard InChI is InChI=1S/C10H19NO/c1-8(2)9-4-10(7-12-9)5-11(3)6-10/h8-9H,4-7H2,1-3H3. The van der Waals surface area contributed by atoms with Crippen LogP contribution >= 0.6 is 0 Å². The molecule has 2 rings (SSSR count). The van der Waals surface area contributed by atoms with Gasteiger partial charge in [-0.05, 0) is 19.4 Å². The number of hydrogen-bond donors (Lipinski definition) is 0. The normalized spacial score (nSPS) is 34.5. The molecule has 0 saturated carbocycles. The predicted molar refractivity (Wildman–Crippen MR) is 49.1 cm³/mol. The van der Waals surface area contributed by atoms with Gasteiger partial charge in [-0.3, -0.25) is 0 Å². The Morgan fingerprint density at radius 1 is 1.42 bits per heavy atom. The minimum absolute atomic E-state index is 0.527. The van der Waals surface area contributed by atoms with E-state index in [4.69, 9.17) is 4.74 Å². The molecule has 1 unspecified atom stereocenters. The van der Waals surface area contributed by atoms with E-state index in [9.17, 15) is 0 Å². The second kappa shape index (κ2) is 2.71. The van der Waals surface area contributed by atoms with E-state index >= 15 is 0 Å².